The van der Waals surface area contributed by atoms with Gasteiger partial charge in [-0.1, -0.05) is 24.3 Å². The minimum atomic E-state index is -4.32. The molecule has 1 fully saturated rings. The Kier molecular flexibility index (Phi) is 6.65. The summed E-state index contributed by atoms with van der Waals surface area (Å²) in [6.07, 6.45) is 2.29. The zero-order chi connectivity index (χ0) is 22.7. The normalized spacial score (nSPS) is 17.6. The summed E-state index contributed by atoms with van der Waals surface area (Å²) in [4.78, 5) is 7.15. The Morgan fingerprint density at radius 1 is 1.12 bits per heavy atom. The number of rotatable bonds is 6. The molecule has 0 bridgehead atoms. The van der Waals surface area contributed by atoms with E-state index in [9.17, 15) is 13.2 Å². The number of nitrogens with zero attached hydrogens (tertiary/aromatic N) is 4. The number of aryl methyl sites for hydroxylation is 2. The highest BCUT2D eigenvalue weighted by atomic mass is 19.4. The third kappa shape index (κ3) is 5.38. The topological polar surface area (TPSA) is 34.0 Å². The van der Waals surface area contributed by atoms with Crippen LogP contribution in [-0.4, -0.2) is 32.8 Å². The molecule has 0 aliphatic carbocycles. The molecular weight excluding hydrogens is 413 g/mol. The molecule has 1 unspecified atom stereocenters. The van der Waals surface area contributed by atoms with Gasteiger partial charge >= 0.3 is 6.18 Å². The molecule has 1 aliphatic rings. The van der Waals surface area contributed by atoms with Crippen molar-refractivity contribution >= 4 is 0 Å². The minimum absolute atomic E-state index is 0.368. The van der Waals surface area contributed by atoms with E-state index in [1.807, 2.05) is 23.0 Å². The van der Waals surface area contributed by atoms with Crippen molar-refractivity contribution in [3.8, 4) is 0 Å². The van der Waals surface area contributed by atoms with Crippen molar-refractivity contribution in [2.75, 3.05) is 13.1 Å². The van der Waals surface area contributed by atoms with Crippen molar-refractivity contribution in [2.45, 2.75) is 58.3 Å². The summed E-state index contributed by atoms with van der Waals surface area (Å²) in [5, 5.41) is 4.55. The van der Waals surface area contributed by atoms with Crippen LogP contribution in [0.2, 0.25) is 0 Å². The largest absolute Gasteiger partial charge is 0.416 e. The van der Waals surface area contributed by atoms with Crippen LogP contribution < -0.4 is 0 Å². The highest BCUT2D eigenvalue weighted by Gasteiger charge is 2.30. The van der Waals surface area contributed by atoms with Crippen molar-refractivity contribution in [1.29, 1.82) is 0 Å². The van der Waals surface area contributed by atoms with E-state index >= 15 is 0 Å². The second-order valence-electron chi connectivity index (χ2n) is 8.64. The zero-order valence-electron chi connectivity index (χ0n) is 18.6. The van der Waals surface area contributed by atoms with E-state index in [4.69, 9.17) is 0 Å². The lowest BCUT2D eigenvalue weighted by Gasteiger charge is -2.32. The lowest BCUT2D eigenvalue weighted by molar-refractivity contribution is -0.137. The number of likely N-dealkylation sites (tertiary alicyclic amines) is 1. The number of halogens is 3. The van der Waals surface area contributed by atoms with E-state index in [1.165, 1.54) is 17.7 Å². The summed E-state index contributed by atoms with van der Waals surface area (Å²) >= 11 is 0. The zero-order valence-corrected chi connectivity index (χ0v) is 18.6. The van der Waals surface area contributed by atoms with Gasteiger partial charge in [0, 0.05) is 49.2 Å². The molecule has 1 aromatic carbocycles. The van der Waals surface area contributed by atoms with Crippen LogP contribution in [0.5, 0.6) is 0 Å². The predicted octanol–water partition coefficient (Wildman–Crippen LogP) is 5.60. The van der Waals surface area contributed by atoms with Crippen LogP contribution in [0.1, 0.15) is 59.3 Å². The van der Waals surface area contributed by atoms with Gasteiger partial charge in [-0.25, -0.2) is 0 Å². The summed E-state index contributed by atoms with van der Waals surface area (Å²) in [5.41, 5.74) is 4.37. The SMILES string of the molecule is CCn1cc(CN2CCCC(c3ccc(Cc4cccc(C(F)(F)F)c4)cn3)C2)c(C)n1. The predicted molar refractivity (Wildman–Crippen MR) is 118 cm³/mol. The Balaban J connectivity index is 1.39. The van der Waals surface area contributed by atoms with Gasteiger partial charge in [0.15, 0.2) is 0 Å². The van der Waals surface area contributed by atoms with Gasteiger partial charge in [0.2, 0.25) is 0 Å². The quantitative estimate of drug-likeness (QED) is 0.499. The number of alkyl halides is 3. The Labute approximate surface area is 187 Å². The summed E-state index contributed by atoms with van der Waals surface area (Å²) in [7, 11) is 0. The van der Waals surface area contributed by atoms with Crippen LogP contribution in [0.25, 0.3) is 0 Å². The van der Waals surface area contributed by atoms with Crippen LogP contribution in [-0.2, 0) is 25.7 Å². The Morgan fingerprint density at radius 3 is 2.66 bits per heavy atom. The maximum atomic E-state index is 13.0. The molecule has 32 heavy (non-hydrogen) atoms. The van der Waals surface area contributed by atoms with Gasteiger partial charge in [-0.2, -0.15) is 18.3 Å². The molecule has 0 saturated carbocycles. The van der Waals surface area contributed by atoms with E-state index in [0.29, 0.717) is 17.9 Å². The van der Waals surface area contributed by atoms with Crippen molar-refractivity contribution in [2.24, 2.45) is 0 Å². The fourth-order valence-corrected chi connectivity index (χ4v) is 4.43. The Morgan fingerprint density at radius 2 is 1.97 bits per heavy atom. The Bertz CT molecular complexity index is 1040. The van der Waals surface area contributed by atoms with Crippen LogP contribution >= 0.6 is 0 Å². The van der Waals surface area contributed by atoms with Crippen molar-refractivity contribution < 1.29 is 13.2 Å². The molecule has 0 spiro atoms. The molecule has 4 nitrogen and oxygen atoms in total. The lowest BCUT2D eigenvalue weighted by atomic mass is 9.93. The smallest absolute Gasteiger partial charge is 0.298 e. The number of pyridine rings is 1. The van der Waals surface area contributed by atoms with E-state index < -0.39 is 11.7 Å². The molecule has 3 aromatic rings. The number of hydrogen-bond donors (Lipinski definition) is 0. The van der Waals surface area contributed by atoms with Gasteiger partial charge in [0.1, 0.15) is 0 Å². The van der Waals surface area contributed by atoms with Gasteiger partial charge < -0.3 is 0 Å². The van der Waals surface area contributed by atoms with Gasteiger partial charge in [-0.15, -0.1) is 0 Å². The fourth-order valence-electron chi connectivity index (χ4n) is 4.43. The molecular formula is C25H29F3N4. The summed E-state index contributed by atoms with van der Waals surface area (Å²) < 4.78 is 40.8. The van der Waals surface area contributed by atoms with E-state index in [0.717, 1.165) is 62.0 Å². The maximum Gasteiger partial charge on any atom is 0.416 e. The molecule has 2 aromatic heterocycles. The van der Waals surface area contributed by atoms with Crippen LogP contribution in [0, 0.1) is 6.92 Å². The first-order valence-corrected chi connectivity index (χ1v) is 11.2. The Hall–Kier alpha value is -2.67. The number of benzene rings is 1. The molecule has 0 radical (unpaired) electrons. The second-order valence-corrected chi connectivity index (χ2v) is 8.64. The second kappa shape index (κ2) is 9.45. The van der Waals surface area contributed by atoms with Gasteiger partial charge in [-0.05, 0) is 62.9 Å². The van der Waals surface area contributed by atoms with Crippen LogP contribution in [0.4, 0.5) is 13.2 Å². The minimum Gasteiger partial charge on any atom is -0.298 e. The van der Waals surface area contributed by atoms with E-state index in [1.54, 1.807) is 6.07 Å². The molecule has 3 heterocycles. The maximum absolute atomic E-state index is 13.0. The van der Waals surface area contributed by atoms with Crippen molar-refractivity contribution in [1.82, 2.24) is 19.7 Å². The highest BCUT2D eigenvalue weighted by Crippen LogP contribution is 2.30. The molecule has 1 saturated heterocycles. The molecule has 4 rings (SSSR count). The average Bonchev–Trinajstić information content (AvgIpc) is 3.13. The van der Waals surface area contributed by atoms with Crippen molar-refractivity contribution in [3.63, 3.8) is 0 Å². The van der Waals surface area contributed by atoms with Gasteiger partial charge in [0.25, 0.3) is 0 Å². The molecule has 1 atom stereocenters. The first kappa shape index (κ1) is 22.5. The van der Waals surface area contributed by atoms with Crippen LogP contribution in [0.15, 0.2) is 48.8 Å². The van der Waals surface area contributed by atoms with Gasteiger partial charge in [0.05, 0.1) is 11.3 Å². The first-order chi connectivity index (χ1) is 15.3. The monoisotopic (exact) mass is 442 g/mol. The summed E-state index contributed by atoms with van der Waals surface area (Å²) in [5.74, 6) is 0.368. The summed E-state index contributed by atoms with van der Waals surface area (Å²) in [6, 6.07) is 9.55. The van der Waals surface area contributed by atoms with Gasteiger partial charge in [-0.3, -0.25) is 14.6 Å². The summed E-state index contributed by atoms with van der Waals surface area (Å²) in [6.45, 7) is 7.96. The molecule has 1 aliphatic heterocycles. The van der Waals surface area contributed by atoms with Crippen molar-refractivity contribution in [3.05, 3.63) is 82.4 Å². The molecule has 170 valence electrons. The van der Waals surface area contributed by atoms with E-state index in [-0.39, 0.29) is 0 Å². The van der Waals surface area contributed by atoms with E-state index in [2.05, 4.69) is 35.0 Å². The number of piperidine rings is 1. The van der Waals surface area contributed by atoms with Crippen LogP contribution in [0.3, 0.4) is 0 Å². The first-order valence-electron chi connectivity index (χ1n) is 11.2. The molecule has 7 heteroatoms. The average molecular weight is 443 g/mol. The molecule has 0 amide bonds. The number of aromatic nitrogens is 3. The third-order valence-electron chi connectivity index (χ3n) is 6.20. The molecule has 0 N–H and O–H groups in total. The lowest BCUT2D eigenvalue weighted by Crippen LogP contribution is -2.34. The number of hydrogen-bond acceptors (Lipinski definition) is 3. The fraction of sp³-hybridized carbons (Fsp3) is 0.440. The standard InChI is InChI=1S/C25H29F3N4/c1-3-32-17-22(18(2)30-32)16-31-11-5-7-21(15-31)24-10-9-20(14-29-24)12-19-6-4-8-23(13-19)25(26,27)28/h4,6,8-10,13-14,17,21H,3,5,7,11-12,15-16H2,1-2H3. The third-order valence-corrected chi connectivity index (χ3v) is 6.20. The highest BCUT2D eigenvalue weighted by molar-refractivity contribution is 5.30.